The van der Waals surface area contributed by atoms with Crippen molar-refractivity contribution < 1.29 is 4.79 Å². The molecule has 18 heavy (non-hydrogen) atoms. The Morgan fingerprint density at radius 2 is 2.28 bits per heavy atom. The molecule has 1 aromatic carbocycles. The van der Waals surface area contributed by atoms with Crippen LogP contribution in [0.1, 0.15) is 25.3 Å². The Morgan fingerprint density at radius 1 is 1.50 bits per heavy atom. The topological polar surface area (TPSA) is 32.3 Å². The lowest BCUT2D eigenvalue weighted by molar-refractivity contribution is -0.120. The monoisotopic (exact) mass is 266 g/mol. The average molecular weight is 267 g/mol. The first-order valence-corrected chi connectivity index (χ1v) is 6.76. The van der Waals surface area contributed by atoms with Gasteiger partial charge in [0.2, 0.25) is 5.91 Å². The van der Waals surface area contributed by atoms with Gasteiger partial charge < -0.3 is 5.32 Å². The summed E-state index contributed by atoms with van der Waals surface area (Å²) in [5.74, 6) is 0.0552. The lowest BCUT2D eigenvalue weighted by Crippen LogP contribution is -2.46. The van der Waals surface area contributed by atoms with Gasteiger partial charge in [-0.15, -0.1) is 0 Å². The maximum Gasteiger partial charge on any atom is 0.217 e. The number of likely N-dealkylation sites (tertiary alicyclic amines) is 1. The molecule has 1 unspecified atom stereocenters. The smallest absolute Gasteiger partial charge is 0.217 e. The predicted octanol–water partition coefficient (Wildman–Crippen LogP) is 2.44. The van der Waals surface area contributed by atoms with Gasteiger partial charge >= 0.3 is 0 Å². The molecule has 4 heteroatoms. The van der Waals surface area contributed by atoms with Crippen molar-refractivity contribution >= 4 is 17.5 Å². The van der Waals surface area contributed by atoms with Crippen LogP contribution in [0.25, 0.3) is 0 Å². The molecule has 1 heterocycles. The predicted molar refractivity (Wildman–Crippen MR) is 73.6 cm³/mol. The van der Waals surface area contributed by atoms with Crippen LogP contribution in [-0.4, -0.2) is 29.9 Å². The molecule has 1 saturated heterocycles. The summed E-state index contributed by atoms with van der Waals surface area (Å²) in [7, 11) is 0. The molecule has 1 amide bonds. The van der Waals surface area contributed by atoms with Gasteiger partial charge in [0.1, 0.15) is 0 Å². The molecule has 1 atom stereocenters. The quantitative estimate of drug-likeness (QED) is 0.911. The van der Waals surface area contributed by atoms with Crippen LogP contribution in [0, 0.1) is 0 Å². The summed E-state index contributed by atoms with van der Waals surface area (Å²) in [6.07, 6.45) is 2.19. The molecule has 0 aromatic heterocycles. The summed E-state index contributed by atoms with van der Waals surface area (Å²) >= 11 is 6.17. The Morgan fingerprint density at radius 3 is 3.00 bits per heavy atom. The minimum absolute atomic E-state index is 0.0552. The van der Waals surface area contributed by atoms with E-state index in [4.69, 9.17) is 11.6 Å². The number of benzene rings is 1. The van der Waals surface area contributed by atoms with E-state index < -0.39 is 0 Å². The van der Waals surface area contributed by atoms with E-state index in [9.17, 15) is 4.79 Å². The van der Waals surface area contributed by atoms with E-state index in [1.165, 1.54) is 0 Å². The Hall–Kier alpha value is -1.06. The van der Waals surface area contributed by atoms with Crippen molar-refractivity contribution in [2.75, 3.05) is 13.1 Å². The maximum atomic E-state index is 11.1. The Balaban J connectivity index is 1.93. The Bertz CT molecular complexity index is 422. The van der Waals surface area contributed by atoms with Gasteiger partial charge in [0, 0.05) is 31.1 Å². The van der Waals surface area contributed by atoms with E-state index in [1.807, 2.05) is 18.2 Å². The Kier molecular flexibility index (Phi) is 4.61. The van der Waals surface area contributed by atoms with Crippen LogP contribution in [0.15, 0.2) is 24.3 Å². The first-order valence-electron chi connectivity index (χ1n) is 6.38. The van der Waals surface area contributed by atoms with E-state index >= 15 is 0 Å². The normalized spacial score (nSPS) is 20.7. The highest BCUT2D eigenvalue weighted by atomic mass is 35.5. The van der Waals surface area contributed by atoms with Gasteiger partial charge in [-0.05, 0) is 31.0 Å². The van der Waals surface area contributed by atoms with Crippen molar-refractivity contribution in [1.29, 1.82) is 0 Å². The molecular weight excluding hydrogens is 248 g/mol. The van der Waals surface area contributed by atoms with Crippen LogP contribution >= 0.6 is 11.6 Å². The van der Waals surface area contributed by atoms with Crippen LogP contribution in [-0.2, 0) is 11.3 Å². The molecule has 3 nitrogen and oxygen atoms in total. The van der Waals surface area contributed by atoms with Gasteiger partial charge in [-0.1, -0.05) is 29.8 Å². The standard InChI is InChI=1S/C14H19ClN2O/c1-11(18)16-13-6-4-8-17(10-13)9-12-5-2-3-7-14(12)15/h2-3,5,7,13H,4,6,8-10H2,1H3,(H,16,18). The SMILES string of the molecule is CC(=O)NC1CCCN(Cc2ccccc2Cl)C1. The van der Waals surface area contributed by atoms with Crippen LogP contribution in [0.4, 0.5) is 0 Å². The fourth-order valence-corrected chi connectivity index (χ4v) is 2.67. The largest absolute Gasteiger partial charge is 0.352 e. The summed E-state index contributed by atoms with van der Waals surface area (Å²) in [6.45, 7) is 4.41. The number of nitrogens with zero attached hydrogens (tertiary/aromatic N) is 1. The summed E-state index contributed by atoms with van der Waals surface area (Å²) < 4.78 is 0. The van der Waals surface area contributed by atoms with Crippen molar-refractivity contribution in [1.82, 2.24) is 10.2 Å². The molecule has 1 N–H and O–H groups in total. The fourth-order valence-electron chi connectivity index (χ4n) is 2.47. The number of halogens is 1. The van der Waals surface area contributed by atoms with Gasteiger partial charge in [0.15, 0.2) is 0 Å². The van der Waals surface area contributed by atoms with Crippen molar-refractivity contribution in [3.8, 4) is 0 Å². The van der Waals surface area contributed by atoms with Gasteiger partial charge in [0.05, 0.1) is 0 Å². The summed E-state index contributed by atoms with van der Waals surface area (Å²) in [5, 5.41) is 3.82. The minimum atomic E-state index is 0.0552. The van der Waals surface area contributed by atoms with E-state index in [-0.39, 0.29) is 11.9 Å². The van der Waals surface area contributed by atoms with Gasteiger partial charge in [0.25, 0.3) is 0 Å². The molecule has 0 saturated carbocycles. The highest BCUT2D eigenvalue weighted by Crippen LogP contribution is 2.19. The molecule has 98 valence electrons. The number of nitrogens with one attached hydrogen (secondary N) is 1. The molecule has 0 radical (unpaired) electrons. The lowest BCUT2D eigenvalue weighted by atomic mass is 10.0. The molecule has 0 spiro atoms. The van der Waals surface area contributed by atoms with E-state index in [2.05, 4.69) is 16.3 Å². The molecule has 1 fully saturated rings. The molecule has 0 bridgehead atoms. The van der Waals surface area contributed by atoms with E-state index in [0.29, 0.717) is 0 Å². The Labute approximate surface area is 113 Å². The number of carbonyl (C=O) groups excluding carboxylic acids is 1. The molecular formula is C14H19ClN2O. The average Bonchev–Trinajstić information content (AvgIpc) is 2.32. The highest BCUT2D eigenvalue weighted by Gasteiger charge is 2.20. The minimum Gasteiger partial charge on any atom is -0.352 e. The second-order valence-electron chi connectivity index (χ2n) is 4.87. The summed E-state index contributed by atoms with van der Waals surface area (Å²) in [6, 6.07) is 8.22. The van der Waals surface area contributed by atoms with Crippen molar-refractivity contribution in [2.24, 2.45) is 0 Å². The molecule has 1 aliphatic heterocycles. The summed E-state index contributed by atoms with van der Waals surface area (Å²) in [5.41, 5.74) is 1.16. The first kappa shape index (κ1) is 13.4. The molecule has 0 aliphatic carbocycles. The van der Waals surface area contributed by atoms with Gasteiger partial charge in [-0.3, -0.25) is 9.69 Å². The van der Waals surface area contributed by atoms with E-state index in [0.717, 1.165) is 43.1 Å². The molecule has 1 aromatic rings. The zero-order valence-corrected chi connectivity index (χ0v) is 11.4. The zero-order chi connectivity index (χ0) is 13.0. The van der Waals surface area contributed by atoms with Gasteiger partial charge in [-0.25, -0.2) is 0 Å². The van der Waals surface area contributed by atoms with Crippen molar-refractivity contribution in [2.45, 2.75) is 32.4 Å². The van der Waals surface area contributed by atoms with Crippen LogP contribution in [0.3, 0.4) is 0 Å². The highest BCUT2D eigenvalue weighted by molar-refractivity contribution is 6.31. The number of carbonyl (C=O) groups is 1. The fraction of sp³-hybridized carbons (Fsp3) is 0.500. The van der Waals surface area contributed by atoms with Crippen molar-refractivity contribution in [3.63, 3.8) is 0 Å². The van der Waals surface area contributed by atoms with Crippen LogP contribution < -0.4 is 5.32 Å². The zero-order valence-electron chi connectivity index (χ0n) is 10.7. The third-order valence-corrected chi connectivity index (χ3v) is 3.63. The number of rotatable bonds is 3. The van der Waals surface area contributed by atoms with E-state index in [1.54, 1.807) is 6.92 Å². The third kappa shape index (κ3) is 3.72. The third-order valence-electron chi connectivity index (χ3n) is 3.26. The molecule has 2 rings (SSSR count). The molecule has 1 aliphatic rings. The van der Waals surface area contributed by atoms with Crippen LogP contribution in [0.5, 0.6) is 0 Å². The van der Waals surface area contributed by atoms with Gasteiger partial charge in [-0.2, -0.15) is 0 Å². The number of hydrogen-bond donors (Lipinski definition) is 1. The number of amides is 1. The maximum absolute atomic E-state index is 11.1. The second-order valence-corrected chi connectivity index (χ2v) is 5.27. The second kappa shape index (κ2) is 6.21. The number of hydrogen-bond acceptors (Lipinski definition) is 2. The lowest BCUT2D eigenvalue weighted by Gasteiger charge is -2.33. The van der Waals surface area contributed by atoms with Crippen LogP contribution in [0.2, 0.25) is 5.02 Å². The number of piperidine rings is 1. The summed E-state index contributed by atoms with van der Waals surface area (Å²) in [4.78, 5) is 13.4. The van der Waals surface area contributed by atoms with Crippen molar-refractivity contribution in [3.05, 3.63) is 34.9 Å². The first-order chi connectivity index (χ1) is 8.65.